The summed E-state index contributed by atoms with van der Waals surface area (Å²) in [4.78, 5) is 62.1. The smallest absolute Gasteiger partial charge is 0.222 e. The zero-order valence-electron chi connectivity index (χ0n) is 17.2. The topological polar surface area (TPSA) is 87.7 Å². The standard InChI is InChI=1S/C18H28N6O4/c1-7-19-13-15-20(8-2)16-14(19)22(10(4)26)18(24(16)12(6)28)17(21(13)9(3)25)23(15)11(5)27/h13-18H,7-8H2,1-6H3/t13-,14-,15-,16+,17?,18?/m1/s1. The molecule has 5 heterocycles. The van der Waals surface area contributed by atoms with Crippen molar-refractivity contribution < 1.29 is 19.2 Å². The summed E-state index contributed by atoms with van der Waals surface area (Å²) in [6.45, 7) is 11.1. The molecule has 5 rings (SSSR count). The van der Waals surface area contributed by atoms with Gasteiger partial charge in [0, 0.05) is 27.7 Å². The Balaban J connectivity index is 2.05. The molecule has 5 fully saturated rings. The van der Waals surface area contributed by atoms with Crippen LogP contribution in [0.15, 0.2) is 0 Å². The number of nitrogens with zero attached hydrogens (tertiary/aromatic N) is 6. The summed E-state index contributed by atoms with van der Waals surface area (Å²) >= 11 is 0. The molecule has 4 amide bonds. The van der Waals surface area contributed by atoms with Crippen molar-refractivity contribution in [3.8, 4) is 0 Å². The third-order valence-electron chi connectivity index (χ3n) is 6.62. The second kappa shape index (κ2) is 6.15. The van der Waals surface area contributed by atoms with E-state index in [0.29, 0.717) is 13.1 Å². The van der Waals surface area contributed by atoms with Crippen LogP contribution in [-0.2, 0) is 19.2 Å². The van der Waals surface area contributed by atoms with Gasteiger partial charge in [0.05, 0.1) is 0 Å². The highest BCUT2D eigenvalue weighted by atomic mass is 16.2. The maximum Gasteiger partial charge on any atom is 0.222 e. The van der Waals surface area contributed by atoms with Gasteiger partial charge >= 0.3 is 0 Å². The fraction of sp³-hybridized carbons (Fsp3) is 0.778. The Hall–Kier alpha value is -2.20. The molecule has 154 valence electrons. The molecule has 10 nitrogen and oxygen atoms in total. The SMILES string of the molecule is CCN1[C@@H]2[C@H]3N(C(C)=O)C(C4N(C(C)=O)[C@@H]1[C@@H](N4C(C)=O)N3CC)N2C(C)=O. The second-order valence-electron chi connectivity index (χ2n) is 7.85. The van der Waals surface area contributed by atoms with Crippen molar-refractivity contribution in [2.75, 3.05) is 13.1 Å². The van der Waals surface area contributed by atoms with E-state index in [1.165, 1.54) is 27.7 Å². The minimum atomic E-state index is -0.696. The Kier molecular flexibility index (Phi) is 4.20. The van der Waals surface area contributed by atoms with E-state index in [4.69, 9.17) is 0 Å². The molecule has 5 aliphatic heterocycles. The maximum atomic E-state index is 12.8. The highest BCUT2D eigenvalue weighted by molar-refractivity contribution is 5.83. The molecule has 0 saturated carbocycles. The first-order chi connectivity index (χ1) is 13.2. The lowest BCUT2D eigenvalue weighted by atomic mass is 10.1. The van der Waals surface area contributed by atoms with Gasteiger partial charge in [-0.15, -0.1) is 0 Å². The van der Waals surface area contributed by atoms with Crippen LogP contribution >= 0.6 is 0 Å². The zero-order valence-corrected chi connectivity index (χ0v) is 17.2. The fourth-order valence-corrected chi connectivity index (χ4v) is 5.92. The lowest BCUT2D eigenvalue weighted by Gasteiger charge is -2.54. The molecule has 0 aromatic heterocycles. The van der Waals surface area contributed by atoms with E-state index in [1.807, 2.05) is 13.8 Å². The third-order valence-corrected chi connectivity index (χ3v) is 6.62. The van der Waals surface area contributed by atoms with Gasteiger partial charge in [-0.1, -0.05) is 13.8 Å². The summed E-state index contributed by atoms with van der Waals surface area (Å²) in [5, 5.41) is 0. The third kappa shape index (κ3) is 2.04. The summed E-state index contributed by atoms with van der Waals surface area (Å²) in [6, 6.07) is 0. The highest BCUT2D eigenvalue weighted by Gasteiger charge is 2.73. The molecule has 0 N–H and O–H groups in total. The summed E-state index contributed by atoms with van der Waals surface area (Å²) in [6.07, 6.45) is -2.79. The van der Waals surface area contributed by atoms with Gasteiger partial charge in [0.1, 0.15) is 37.0 Å². The van der Waals surface area contributed by atoms with E-state index in [-0.39, 0.29) is 48.3 Å². The number of rotatable bonds is 2. The van der Waals surface area contributed by atoms with Crippen molar-refractivity contribution in [1.29, 1.82) is 0 Å². The van der Waals surface area contributed by atoms with Gasteiger partial charge in [-0.25, -0.2) is 0 Å². The molecule has 6 atom stereocenters. The van der Waals surface area contributed by atoms with Crippen molar-refractivity contribution in [2.24, 2.45) is 0 Å². The van der Waals surface area contributed by atoms with Gasteiger partial charge in [0.2, 0.25) is 23.6 Å². The van der Waals surface area contributed by atoms with Crippen LogP contribution in [0.1, 0.15) is 41.5 Å². The predicted molar refractivity (Wildman–Crippen MR) is 97.6 cm³/mol. The van der Waals surface area contributed by atoms with Gasteiger partial charge < -0.3 is 0 Å². The van der Waals surface area contributed by atoms with Crippen LogP contribution in [0, 0.1) is 0 Å². The van der Waals surface area contributed by atoms with Gasteiger partial charge in [-0.05, 0) is 13.1 Å². The number of piperazine rings is 1. The number of hydrogen-bond acceptors (Lipinski definition) is 6. The Morgan fingerprint density at radius 1 is 0.500 bits per heavy atom. The van der Waals surface area contributed by atoms with E-state index >= 15 is 0 Å². The number of carbonyl (C=O) groups excluding carboxylic acids is 4. The van der Waals surface area contributed by atoms with E-state index < -0.39 is 12.3 Å². The zero-order chi connectivity index (χ0) is 20.7. The molecule has 5 aliphatic rings. The molecule has 0 aromatic rings. The first kappa shape index (κ1) is 19.1. The maximum absolute atomic E-state index is 12.8. The van der Waals surface area contributed by atoms with Crippen LogP contribution in [0.4, 0.5) is 0 Å². The minimum Gasteiger partial charge on any atom is -0.299 e. The molecule has 6 bridgehead atoms. The average Bonchev–Trinajstić information content (AvgIpc) is 3.05. The monoisotopic (exact) mass is 392 g/mol. The molecular formula is C18H28N6O4. The normalized spacial score (nSPS) is 36.5. The lowest BCUT2D eigenvalue weighted by molar-refractivity contribution is -0.173. The number of likely N-dealkylation sites (N-methyl/N-ethyl adjacent to an activating group) is 2. The van der Waals surface area contributed by atoms with Crippen LogP contribution in [-0.4, -0.2) is 103 Å². The summed E-state index contributed by atoms with van der Waals surface area (Å²) in [5.41, 5.74) is 0. The summed E-state index contributed by atoms with van der Waals surface area (Å²) in [7, 11) is 0. The fourth-order valence-electron chi connectivity index (χ4n) is 5.92. The average molecular weight is 392 g/mol. The van der Waals surface area contributed by atoms with Gasteiger partial charge in [-0.2, -0.15) is 0 Å². The highest BCUT2D eigenvalue weighted by Crippen LogP contribution is 2.51. The van der Waals surface area contributed by atoms with Crippen molar-refractivity contribution >= 4 is 23.6 Å². The second-order valence-corrected chi connectivity index (χ2v) is 7.85. The van der Waals surface area contributed by atoms with Gasteiger partial charge in [-0.3, -0.25) is 48.6 Å². The molecule has 0 aliphatic carbocycles. The van der Waals surface area contributed by atoms with E-state index in [2.05, 4.69) is 9.80 Å². The quantitative estimate of drug-likeness (QED) is 0.601. The molecule has 10 heteroatoms. The van der Waals surface area contributed by atoms with E-state index in [1.54, 1.807) is 19.6 Å². The van der Waals surface area contributed by atoms with Crippen LogP contribution in [0.25, 0.3) is 0 Å². The van der Waals surface area contributed by atoms with Crippen molar-refractivity contribution in [3.05, 3.63) is 0 Å². The summed E-state index contributed by atoms with van der Waals surface area (Å²) < 4.78 is 0. The van der Waals surface area contributed by atoms with Crippen molar-refractivity contribution in [1.82, 2.24) is 29.4 Å². The molecule has 5 saturated heterocycles. The number of carbonyl (C=O) groups is 4. The largest absolute Gasteiger partial charge is 0.299 e. The van der Waals surface area contributed by atoms with Crippen LogP contribution in [0.3, 0.4) is 0 Å². The van der Waals surface area contributed by atoms with Crippen LogP contribution in [0.5, 0.6) is 0 Å². The Bertz CT molecular complexity index is 640. The first-order valence-corrected chi connectivity index (χ1v) is 9.86. The van der Waals surface area contributed by atoms with Crippen molar-refractivity contribution in [2.45, 2.75) is 78.5 Å². The van der Waals surface area contributed by atoms with Crippen molar-refractivity contribution in [3.63, 3.8) is 0 Å². The van der Waals surface area contributed by atoms with Crippen LogP contribution in [0.2, 0.25) is 0 Å². The molecule has 28 heavy (non-hydrogen) atoms. The molecule has 0 aromatic carbocycles. The molecular weight excluding hydrogens is 364 g/mol. The van der Waals surface area contributed by atoms with Gasteiger partial charge in [0.15, 0.2) is 0 Å². The van der Waals surface area contributed by atoms with Crippen LogP contribution < -0.4 is 0 Å². The lowest BCUT2D eigenvalue weighted by Crippen LogP contribution is -2.74. The minimum absolute atomic E-state index is 0.170. The first-order valence-electron chi connectivity index (χ1n) is 9.86. The predicted octanol–water partition coefficient (Wildman–Crippen LogP) is -0.965. The number of hydrogen-bond donors (Lipinski definition) is 0. The Morgan fingerprint density at radius 3 is 0.857 bits per heavy atom. The Morgan fingerprint density at radius 2 is 0.714 bits per heavy atom. The molecule has 2 unspecified atom stereocenters. The number of amides is 4. The van der Waals surface area contributed by atoms with Gasteiger partial charge in [0.25, 0.3) is 0 Å². The molecule has 0 radical (unpaired) electrons. The molecule has 0 spiro atoms. The van der Waals surface area contributed by atoms with E-state index in [9.17, 15) is 19.2 Å². The van der Waals surface area contributed by atoms with E-state index in [0.717, 1.165) is 0 Å². The Labute approximate surface area is 164 Å². The summed E-state index contributed by atoms with van der Waals surface area (Å²) in [5.74, 6) is -0.681.